The number of anilines is 1. The van der Waals surface area contributed by atoms with Crippen molar-refractivity contribution in [3.05, 3.63) is 65.2 Å². The fraction of sp³-hybridized carbons (Fsp3) is 0.300. The topological polar surface area (TPSA) is 67.4 Å². The second kappa shape index (κ2) is 8.33. The largest absolute Gasteiger partial charge is 0.465 e. The number of rotatable bonds is 5. The molecule has 0 saturated carbocycles. The van der Waals surface area contributed by atoms with E-state index in [9.17, 15) is 9.59 Å². The third-order valence-corrected chi connectivity index (χ3v) is 4.01. The van der Waals surface area contributed by atoms with Gasteiger partial charge >= 0.3 is 12.0 Å². The van der Waals surface area contributed by atoms with Gasteiger partial charge in [0.15, 0.2) is 0 Å². The number of hydrogen-bond acceptors (Lipinski definition) is 3. The number of nitrogens with one attached hydrogen (secondary N) is 2. The minimum atomic E-state index is -0.408. The molecule has 0 aliphatic heterocycles. The zero-order valence-corrected chi connectivity index (χ0v) is 15.0. The van der Waals surface area contributed by atoms with Gasteiger partial charge in [-0.2, -0.15) is 0 Å². The highest BCUT2D eigenvalue weighted by Gasteiger charge is 2.11. The second-order valence-corrected chi connectivity index (χ2v) is 6.21. The number of amides is 2. The average Bonchev–Trinajstić information content (AvgIpc) is 2.61. The molecule has 25 heavy (non-hydrogen) atoms. The monoisotopic (exact) mass is 340 g/mol. The highest BCUT2D eigenvalue weighted by Crippen LogP contribution is 2.19. The highest BCUT2D eigenvalue weighted by molar-refractivity contribution is 5.92. The molecule has 0 unspecified atom stereocenters. The minimum absolute atomic E-state index is 0.115. The van der Waals surface area contributed by atoms with Crippen molar-refractivity contribution in [1.29, 1.82) is 0 Å². The number of ether oxygens (including phenoxy) is 1. The van der Waals surface area contributed by atoms with E-state index in [0.29, 0.717) is 17.2 Å². The maximum absolute atomic E-state index is 12.1. The summed E-state index contributed by atoms with van der Waals surface area (Å²) in [5, 5.41) is 5.65. The van der Waals surface area contributed by atoms with Crippen LogP contribution >= 0.6 is 0 Å². The first-order valence-electron chi connectivity index (χ1n) is 8.26. The van der Waals surface area contributed by atoms with Crippen LogP contribution in [0.5, 0.6) is 0 Å². The molecule has 2 amide bonds. The van der Waals surface area contributed by atoms with Crippen molar-refractivity contribution in [3.63, 3.8) is 0 Å². The summed E-state index contributed by atoms with van der Waals surface area (Å²) < 4.78 is 4.64. The van der Waals surface area contributed by atoms with Gasteiger partial charge in [0.25, 0.3) is 0 Å². The van der Waals surface area contributed by atoms with Gasteiger partial charge in [0.1, 0.15) is 0 Å². The maximum Gasteiger partial charge on any atom is 0.337 e. The Kier molecular flexibility index (Phi) is 6.17. The SMILES string of the molecule is COC(=O)c1ccc(NC(=O)N[C@@H](C)c2ccc(C(C)C)cc2)cc1. The summed E-state index contributed by atoms with van der Waals surface area (Å²) in [6.07, 6.45) is 0. The molecule has 0 saturated heterocycles. The Labute approximate surface area is 148 Å². The van der Waals surface area contributed by atoms with E-state index >= 15 is 0 Å². The summed E-state index contributed by atoms with van der Waals surface area (Å²) in [4.78, 5) is 23.5. The van der Waals surface area contributed by atoms with E-state index < -0.39 is 5.97 Å². The number of benzene rings is 2. The third-order valence-electron chi connectivity index (χ3n) is 4.01. The summed E-state index contributed by atoms with van der Waals surface area (Å²) in [7, 11) is 1.33. The van der Waals surface area contributed by atoms with Gasteiger partial charge in [0.2, 0.25) is 0 Å². The predicted molar refractivity (Wildman–Crippen MR) is 98.9 cm³/mol. The molecule has 0 fully saturated rings. The van der Waals surface area contributed by atoms with Crippen molar-refractivity contribution in [2.24, 2.45) is 0 Å². The smallest absolute Gasteiger partial charge is 0.337 e. The van der Waals surface area contributed by atoms with Crippen LogP contribution < -0.4 is 10.6 Å². The molecule has 2 aromatic carbocycles. The summed E-state index contributed by atoms with van der Waals surface area (Å²) >= 11 is 0. The van der Waals surface area contributed by atoms with Gasteiger partial charge in [-0.05, 0) is 48.2 Å². The maximum atomic E-state index is 12.1. The minimum Gasteiger partial charge on any atom is -0.465 e. The Balaban J connectivity index is 1.93. The van der Waals surface area contributed by atoms with Gasteiger partial charge < -0.3 is 15.4 Å². The van der Waals surface area contributed by atoms with Crippen LogP contribution in [-0.2, 0) is 4.74 Å². The number of esters is 1. The van der Waals surface area contributed by atoms with Crippen LogP contribution in [0, 0.1) is 0 Å². The Morgan fingerprint density at radius 2 is 1.44 bits per heavy atom. The fourth-order valence-corrected chi connectivity index (χ4v) is 2.42. The molecule has 1 atom stereocenters. The average molecular weight is 340 g/mol. The van der Waals surface area contributed by atoms with Gasteiger partial charge in [-0.25, -0.2) is 9.59 Å². The van der Waals surface area contributed by atoms with Crippen LogP contribution in [0.3, 0.4) is 0 Å². The normalized spacial score (nSPS) is 11.7. The van der Waals surface area contributed by atoms with E-state index in [-0.39, 0.29) is 12.1 Å². The lowest BCUT2D eigenvalue weighted by Gasteiger charge is -2.16. The Hall–Kier alpha value is -2.82. The molecular formula is C20H24N2O3. The first-order chi connectivity index (χ1) is 11.9. The van der Waals surface area contributed by atoms with E-state index in [1.165, 1.54) is 12.7 Å². The van der Waals surface area contributed by atoms with Crippen LogP contribution in [-0.4, -0.2) is 19.1 Å². The quantitative estimate of drug-likeness (QED) is 0.789. The van der Waals surface area contributed by atoms with Gasteiger partial charge in [0, 0.05) is 5.69 Å². The number of urea groups is 1. The Bertz CT molecular complexity index is 722. The standard InChI is InChI=1S/C20H24N2O3/c1-13(2)15-5-7-16(8-6-15)14(3)21-20(24)22-18-11-9-17(10-12-18)19(23)25-4/h5-14H,1-4H3,(H2,21,22,24)/t14-/m0/s1. The van der Waals surface area contributed by atoms with Crippen molar-refractivity contribution in [3.8, 4) is 0 Å². The summed E-state index contributed by atoms with van der Waals surface area (Å²) in [6.45, 7) is 6.23. The van der Waals surface area contributed by atoms with Gasteiger partial charge in [-0.15, -0.1) is 0 Å². The van der Waals surface area contributed by atoms with Crippen molar-refractivity contribution in [2.45, 2.75) is 32.7 Å². The lowest BCUT2D eigenvalue weighted by atomic mass is 10.00. The molecular weight excluding hydrogens is 316 g/mol. The van der Waals surface area contributed by atoms with Gasteiger partial charge in [-0.1, -0.05) is 38.1 Å². The molecule has 0 bridgehead atoms. The summed E-state index contributed by atoms with van der Waals surface area (Å²) in [6, 6.07) is 14.4. The van der Waals surface area contributed by atoms with Crippen LogP contribution in [0.4, 0.5) is 10.5 Å². The zero-order valence-electron chi connectivity index (χ0n) is 15.0. The van der Waals surface area contributed by atoms with Crippen LogP contribution in [0.25, 0.3) is 0 Å². The summed E-state index contributed by atoms with van der Waals surface area (Å²) in [5.74, 6) is 0.0723. The zero-order chi connectivity index (χ0) is 18.4. The number of carbonyl (C=O) groups is 2. The van der Waals surface area contributed by atoms with Crippen LogP contribution in [0.15, 0.2) is 48.5 Å². The van der Waals surface area contributed by atoms with Crippen LogP contribution in [0.2, 0.25) is 0 Å². The van der Waals surface area contributed by atoms with Crippen molar-refractivity contribution < 1.29 is 14.3 Å². The molecule has 5 nitrogen and oxygen atoms in total. The van der Waals surface area contributed by atoms with Gasteiger partial charge in [-0.3, -0.25) is 0 Å². The van der Waals surface area contributed by atoms with Crippen LogP contribution in [0.1, 0.15) is 54.2 Å². The molecule has 2 rings (SSSR count). The molecule has 0 aromatic heterocycles. The third kappa shape index (κ3) is 5.08. The molecule has 0 aliphatic carbocycles. The van der Waals surface area contributed by atoms with Gasteiger partial charge in [0.05, 0.1) is 18.7 Å². The number of hydrogen-bond donors (Lipinski definition) is 2. The highest BCUT2D eigenvalue weighted by atomic mass is 16.5. The Morgan fingerprint density at radius 3 is 1.96 bits per heavy atom. The first-order valence-corrected chi connectivity index (χ1v) is 8.26. The molecule has 0 spiro atoms. The fourth-order valence-electron chi connectivity index (χ4n) is 2.42. The van der Waals surface area contributed by atoms with Crippen molar-refractivity contribution in [2.75, 3.05) is 12.4 Å². The molecule has 2 aromatic rings. The molecule has 0 heterocycles. The second-order valence-electron chi connectivity index (χ2n) is 6.21. The molecule has 132 valence electrons. The molecule has 2 N–H and O–H groups in total. The number of carbonyl (C=O) groups excluding carboxylic acids is 2. The number of methoxy groups -OCH3 is 1. The van der Waals surface area contributed by atoms with Crippen molar-refractivity contribution >= 4 is 17.7 Å². The first kappa shape index (κ1) is 18.5. The van der Waals surface area contributed by atoms with Crippen molar-refractivity contribution in [1.82, 2.24) is 5.32 Å². The molecule has 0 aliphatic rings. The van der Waals surface area contributed by atoms with E-state index in [0.717, 1.165) is 5.56 Å². The Morgan fingerprint density at radius 1 is 0.880 bits per heavy atom. The molecule has 0 radical (unpaired) electrons. The van der Waals surface area contributed by atoms with E-state index in [2.05, 4.69) is 41.4 Å². The van der Waals surface area contributed by atoms with E-state index in [1.54, 1.807) is 24.3 Å². The lowest BCUT2D eigenvalue weighted by Crippen LogP contribution is -2.31. The molecule has 5 heteroatoms. The predicted octanol–water partition coefficient (Wildman–Crippen LogP) is 4.48. The summed E-state index contributed by atoms with van der Waals surface area (Å²) in [5.41, 5.74) is 3.35. The lowest BCUT2D eigenvalue weighted by molar-refractivity contribution is 0.0600. The van der Waals surface area contributed by atoms with E-state index in [1.807, 2.05) is 19.1 Å². The van der Waals surface area contributed by atoms with E-state index in [4.69, 9.17) is 0 Å².